The number of benzene rings is 2. The van der Waals surface area contributed by atoms with Gasteiger partial charge in [0.05, 0.1) is 19.3 Å². The quantitative estimate of drug-likeness (QED) is 0.729. The van der Waals surface area contributed by atoms with Gasteiger partial charge in [0.1, 0.15) is 11.5 Å². The lowest BCUT2D eigenvalue weighted by atomic mass is 10.2. The highest BCUT2D eigenvalue weighted by Gasteiger charge is 2.16. The van der Waals surface area contributed by atoms with Gasteiger partial charge < -0.3 is 20.1 Å². The maximum atomic E-state index is 12.1. The monoisotopic (exact) mass is 382 g/mol. The first-order valence-corrected chi connectivity index (χ1v) is 9.71. The van der Waals surface area contributed by atoms with Crippen molar-refractivity contribution in [3.8, 4) is 11.5 Å². The van der Waals surface area contributed by atoms with Crippen molar-refractivity contribution in [1.29, 1.82) is 0 Å². The third-order valence-electron chi connectivity index (χ3n) is 4.58. The minimum atomic E-state index is -0.307. The molecule has 3 rings (SSSR count). The van der Waals surface area contributed by atoms with E-state index in [1.807, 2.05) is 19.1 Å². The van der Waals surface area contributed by atoms with Crippen LogP contribution in [0.5, 0.6) is 11.5 Å². The number of carbonyl (C=O) groups excluding carboxylic acids is 2. The van der Waals surface area contributed by atoms with E-state index in [2.05, 4.69) is 10.6 Å². The van der Waals surface area contributed by atoms with Gasteiger partial charge >= 0.3 is 0 Å². The van der Waals surface area contributed by atoms with Crippen LogP contribution >= 0.6 is 0 Å². The fraction of sp³-hybridized carbons (Fsp3) is 0.364. The summed E-state index contributed by atoms with van der Waals surface area (Å²) in [6.45, 7) is 2.36. The molecule has 2 N–H and O–H groups in total. The second kappa shape index (κ2) is 9.78. The summed E-state index contributed by atoms with van der Waals surface area (Å²) >= 11 is 0. The molecule has 148 valence electrons. The average molecular weight is 382 g/mol. The van der Waals surface area contributed by atoms with E-state index in [-0.39, 0.29) is 18.4 Å². The number of anilines is 1. The summed E-state index contributed by atoms with van der Waals surface area (Å²) in [5.74, 6) is 0.924. The highest BCUT2D eigenvalue weighted by molar-refractivity contribution is 5.99. The molecule has 0 spiro atoms. The Morgan fingerprint density at radius 3 is 2.25 bits per heavy atom. The van der Waals surface area contributed by atoms with Crippen molar-refractivity contribution in [3.05, 3.63) is 54.1 Å². The molecule has 0 unspecified atom stereocenters. The molecular formula is C22H26N2O4. The Morgan fingerprint density at radius 1 is 0.964 bits per heavy atom. The highest BCUT2D eigenvalue weighted by Crippen LogP contribution is 2.25. The zero-order chi connectivity index (χ0) is 19.8. The number of nitrogens with one attached hydrogen (secondary N) is 2. The Kier molecular flexibility index (Phi) is 6.89. The lowest BCUT2D eigenvalue weighted by Crippen LogP contribution is -2.32. The van der Waals surface area contributed by atoms with E-state index in [1.54, 1.807) is 36.4 Å². The zero-order valence-corrected chi connectivity index (χ0v) is 16.1. The van der Waals surface area contributed by atoms with Crippen molar-refractivity contribution in [2.24, 2.45) is 0 Å². The van der Waals surface area contributed by atoms with E-state index >= 15 is 0 Å². The molecule has 0 saturated heterocycles. The molecule has 0 heterocycles. The smallest absolute Gasteiger partial charge is 0.251 e. The zero-order valence-electron chi connectivity index (χ0n) is 16.1. The van der Waals surface area contributed by atoms with Crippen LogP contribution in [-0.2, 0) is 4.79 Å². The van der Waals surface area contributed by atoms with E-state index in [9.17, 15) is 9.59 Å². The van der Waals surface area contributed by atoms with E-state index < -0.39 is 0 Å². The molecule has 1 saturated carbocycles. The highest BCUT2D eigenvalue weighted by atomic mass is 16.5. The van der Waals surface area contributed by atoms with Crippen LogP contribution in [0.15, 0.2) is 48.5 Å². The van der Waals surface area contributed by atoms with Gasteiger partial charge in [-0.1, -0.05) is 0 Å². The molecule has 0 atom stereocenters. The van der Waals surface area contributed by atoms with Crippen LogP contribution in [0.2, 0.25) is 0 Å². The first-order valence-electron chi connectivity index (χ1n) is 9.71. The first-order chi connectivity index (χ1) is 13.6. The number of hydrogen-bond acceptors (Lipinski definition) is 4. The second-order valence-corrected chi connectivity index (χ2v) is 6.74. The fourth-order valence-electron chi connectivity index (χ4n) is 3.15. The molecule has 0 bridgehead atoms. The molecule has 28 heavy (non-hydrogen) atoms. The number of amides is 2. The van der Waals surface area contributed by atoms with Gasteiger partial charge in [-0.25, -0.2) is 0 Å². The normalized spacial score (nSPS) is 13.8. The topological polar surface area (TPSA) is 76.7 Å². The van der Waals surface area contributed by atoms with Crippen LogP contribution in [0, 0.1) is 0 Å². The molecule has 0 radical (unpaired) electrons. The molecule has 2 aromatic carbocycles. The van der Waals surface area contributed by atoms with Crippen LogP contribution in [0.1, 0.15) is 43.0 Å². The summed E-state index contributed by atoms with van der Waals surface area (Å²) < 4.78 is 11.3. The molecule has 0 aromatic heterocycles. The number of hydrogen-bond donors (Lipinski definition) is 2. The van der Waals surface area contributed by atoms with Gasteiger partial charge in [-0.05, 0) is 81.1 Å². The minimum Gasteiger partial charge on any atom is -0.494 e. The summed E-state index contributed by atoms with van der Waals surface area (Å²) in [6, 6.07) is 14.1. The molecule has 6 nitrogen and oxygen atoms in total. The Labute approximate surface area is 165 Å². The molecule has 1 aliphatic carbocycles. The van der Waals surface area contributed by atoms with Crippen LogP contribution < -0.4 is 20.1 Å². The Hall–Kier alpha value is -3.02. The van der Waals surface area contributed by atoms with Crippen molar-refractivity contribution in [2.75, 3.05) is 18.5 Å². The van der Waals surface area contributed by atoms with Crippen LogP contribution in [0.3, 0.4) is 0 Å². The third-order valence-corrected chi connectivity index (χ3v) is 4.58. The summed E-state index contributed by atoms with van der Waals surface area (Å²) in [5.41, 5.74) is 1.14. The Bertz CT molecular complexity index is 781. The molecular weight excluding hydrogens is 356 g/mol. The SMILES string of the molecule is CCOc1ccc(C(=O)NCC(=O)Nc2ccc(OC3CCCC3)cc2)cc1. The maximum absolute atomic E-state index is 12.1. The van der Waals surface area contributed by atoms with Crippen molar-refractivity contribution in [2.45, 2.75) is 38.7 Å². The van der Waals surface area contributed by atoms with Crippen molar-refractivity contribution < 1.29 is 19.1 Å². The van der Waals surface area contributed by atoms with Gasteiger partial charge in [-0.15, -0.1) is 0 Å². The Morgan fingerprint density at radius 2 is 1.61 bits per heavy atom. The molecule has 6 heteroatoms. The van der Waals surface area contributed by atoms with E-state index in [4.69, 9.17) is 9.47 Å². The fourth-order valence-corrected chi connectivity index (χ4v) is 3.15. The molecule has 1 aliphatic rings. The van der Waals surface area contributed by atoms with Gasteiger partial charge in [0, 0.05) is 11.3 Å². The molecule has 2 aromatic rings. The van der Waals surface area contributed by atoms with Gasteiger partial charge in [0.2, 0.25) is 5.91 Å². The minimum absolute atomic E-state index is 0.105. The predicted molar refractivity (Wildman–Crippen MR) is 108 cm³/mol. The first kappa shape index (κ1) is 19.7. The third kappa shape index (κ3) is 5.74. The predicted octanol–water partition coefficient (Wildman–Crippen LogP) is 3.78. The van der Waals surface area contributed by atoms with Crippen LogP contribution in [0.4, 0.5) is 5.69 Å². The summed E-state index contributed by atoms with van der Waals surface area (Å²) in [5, 5.41) is 5.38. The second-order valence-electron chi connectivity index (χ2n) is 6.74. The van der Waals surface area contributed by atoms with Gasteiger partial charge in [0.15, 0.2) is 0 Å². The standard InChI is InChI=1S/C22H26N2O4/c1-2-27-18-11-7-16(8-12-18)22(26)23-15-21(25)24-17-9-13-20(14-10-17)28-19-5-3-4-6-19/h7-14,19H,2-6,15H2,1H3,(H,23,26)(H,24,25). The van der Waals surface area contributed by atoms with Gasteiger partial charge in [0.25, 0.3) is 5.91 Å². The maximum Gasteiger partial charge on any atom is 0.251 e. The number of rotatable bonds is 8. The van der Waals surface area contributed by atoms with Gasteiger partial charge in [-0.3, -0.25) is 9.59 Å². The summed E-state index contributed by atoms with van der Waals surface area (Å²) in [4.78, 5) is 24.2. The lowest BCUT2D eigenvalue weighted by Gasteiger charge is -2.13. The van der Waals surface area contributed by atoms with E-state index in [0.717, 1.165) is 18.6 Å². The van der Waals surface area contributed by atoms with E-state index in [1.165, 1.54) is 12.8 Å². The summed E-state index contributed by atoms with van der Waals surface area (Å²) in [7, 11) is 0. The van der Waals surface area contributed by atoms with Crippen molar-refractivity contribution in [3.63, 3.8) is 0 Å². The van der Waals surface area contributed by atoms with Crippen LogP contribution in [0.25, 0.3) is 0 Å². The Balaban J connectivity index is 1.43. The molecule has 0 aliphatic heterocycles. The largest absolute Gasteiger partial charge is 0.494 e. The average Bonchev–Trinajstić information content (AvgIpc) is 3.21. The van der Waals surface area contributed by atoms with Gasteiger partial charge in [-0.2, -0.15) is 0 Å². The van der Waals surface area contributed by atoms with Crippen molar-refractivity contribution >= 4 is 17.5 Å². The van der Waals surface area contributed by atoms with E-state index in [0.29, 0.717) is 29.7 Å². The van der Waals surface area contributed by atoms with Crippen LogP contribution in [-0.4, -0.2) is 31.1 Å². The number of carbonyl (C=O) groups is 2. The number of ether oxygens (including phenoxy) is 2. The molecule has 1 fully saturated rings. The summed E-state index contributed by atoms with van der Waals surface area (Å²) in [6.07, 6.45) is 4.96. The van der Waals surface area contributed by atoms with Crippen molar-refractivity contribution in [1.82, 2.24) is 5.32 Å². The molecule has 2 amide bonds. The lowest BCUT2D eigenvalue weighted by molar-refractivity contribution is -0.115.